The van der Waals surface area contributed by atoms with Gasteiger partial charge < -0.3 is 14.6 Å². The molecule has 19 heavy (non-hydrogen) atoms. The fraction of sp³-hybridized carbons (Fsp3) is 0.625. The fourth-order valence-electron chi connectivity index (χ4n) is 2.45. The summed E-state index contributed by atoms with van der Waals surface area (Å²) in [6, 6.07) is 7.72. The lowest BCUT2D eigenvalue weighted by atomic mass is 9.99. The molecule has 1 saturated heterocycles. The van der Waals surface area contributed by atoms with Crippen LogP contribution in [0.1, 0.15) is 51.2 Å². The van der Waals surface area contributed by atoms with Gasteiger partial charge in [0, 0.05) is 13.0 Å². The highest BCUT2D eigenvalue weighted by Gasteiger charge is 2.19. The van der Waals surface area contributed by atoms with Crippen LogP contribution in [0.25, 0.3) is 0 Å². The van der Waals surface area contributed by atoms with Crippen molar-refractivity contribution in [2.75, 3.05) is 6.61 Å². The molecule has 1 heterocycles. The van der Waals surface area contributed by atoms with Crippen molar-refractivity contribution in [3.63, 3.8) is 0 Å². The quantitative estimate of drug-likeness (QED) is 0.885. The Morgan fingerprint density at radius 1 is 1.37 bits per heavy atom. The van der Waals surface area contributed by atoms with Crippen molar-refractivity contribution in [3.8, 4) is 5.75 Å². The first-order valence-electron chi connectivity index (χ1n) is 7.21. The molecule has 0 aliphatic carbocycles. The van der Waals surface area contributed by atoms with Crippen LogP contribution in [-0.4, -0.2) is 23.9 Å². The third-order valence-corrected chi connectivity index (χ3v) is 3.37. The number of ether oxygens (including phenoxy) is 2. The zero-order valence-corrected chi connectivity index (χ0v) is 11.8. The van der Waals surface area contributed by atoms with Gasteiger partial charge in [0.25, 0.3) is 0 Å². The molecular weight excluding hydrogens is 240 g/mol. The van der Waals surface area contributed by atoms with Crippen LogP contribution in [0.15, 0.2) is 24.3 Å². The summed E-state index contributed by atoms with van der Waals surface area (Å²) in [6.07, 6.45) is 3.94. The van der Waals surface area contributed by atoms with Crippen LogP contribution in [0.4, 0.5) is 0 Å². The molecule has 0 aromatic heterocycles. The number of benzene rings is 1. The minimum absolute atomic E-state index is 0.147. The lowest BCUT2D eigenvalue weighted by molar-refractivity contribution is -0.0156. The van der Waals surface area contributed by atoms with Crippen LogP contribution in [0.5, 0.6) is 5.75 Å². The van der Waals surface area contributed by atoms with Gasteiger partial charge in [-0.05, 0) is 50.8 Å². The van der Waals surface area contributed by atoms with Crippen molar-refractivity contribution in [2.24, 2.45) is 0 Å². The van der Waals surface area contributed by atoms with Gasteiger partial charge in [0.2, 0.25) is 0 Å². The van der Waals surface area contributed by atoms with Crippen molar-refractivity contribution in [3.05, 3.63) is 29.8 Å². The van der Waals surface area contributed by atoms with E-state index in [1.165, 1.54) is 6.42 Å². The first kappa shape index (κ1) is 14.4. The first-order valence-corrected chi connectivity index (χ1v) is 7.21. The number of aliphatic hydroxyl groups is 1. The van der Waals surface area contributed by atoms with Gasteiger partial charge >= 0.3 is 0 Å². The smallest absolute Gasteiger partial charge is 0.120 e. The maximum Gasteiger partial charge on any atom is 0.120 e. The van der Waals surface area contributed by atoms with Crippen LogP contribution in [0, 0.1) is 0 Å². The molecule has 0 saturated carbocycles. The zero-order chi connectivity index (χ0) is 13.7. The highest BCUT2D eigenvalue weighted by molar-refractivity contribution is 5.30. The largest absolute Gasteiger partial charge is 0.491 e. The molecule has 1 aromatic rings. The van der Waals surface area contributed by atoms with Crippen LogP contribution in [0.2, 0.25) is 0 Å². The summed E-state index contributed by atoms with van der Waals surface area (Å²) in [6.45, 7) is 4.83. The normalized spacial score (nSPS) is 21.4. The predicted molar refractivity (Wildman–Crippen MR) is 75.4 cm³/mol. The summed E-state index contributed by atoms with van der Waals surface area (Å²) >= 11 is 0. The molecule has 0 bridgehead atoms. The maximum atomic E-state index is 10.3. The highest BCUT2D eigenvalue weighted by atomic mass is 16.5. The third-order valence-electron chi connectivity index (χ3n) is 3.37. The topological polar surface area (TPSA) is 38.7 Å². The Kier molecular flexibility index (Phi) is 5.23. The molecule has 0 spiro atoms. The van der Waals surface area contributed by atoms with Crippen LogP contribution in [-0.2, 0) is 4.74 Å². The average Bonchev–Trinajstić information content (AvgIpc) is 2.39. The average molecular weight is 264 g/mol. The van der Waals surface area contributed by atoms with E-state index < -0.39 is 6.10 Å². The second-order valence-corrected chi connectivity index (χ2v) is 5.48. The van der Waals surface area contributed by atoms with Crippen LogP contribution >= 0.6 is 0 Å². The van der Waals surface area contributed by atoms with E-state index >= 15 is 0 Å². The summed E-state index contributed by atoms with van der Waals surface area (Å²) in [5.41, 5.74) is 0.910. The Bertz CT molecular complexity index is 383. The van der Waals surface area contributed by atoms with E-state index in [2.05, 4.69) is 0 Å². The van der Waals surface area contributed by atoms with Gasteiger partial charge in [0.05, 0.1) is 18.3 Å². The van der Waals surface area contributed by atoms with Crippen molar-refractivity contribution < 1.29 is 14.6 Å². The summed E-state index contributed by atoms with van der Waals surface area (Å²) in [7, 11) is 0. The molecule has 1 aromatic carbocycles. The van der Waals surface area contributed by atoms with E-state index in [1.54, 1.807) is 0 Å². The number of hydrogen-bond donors (Lipinski definition) is 1. The van der Waals surface area contributed by atoms with Gasteiger partial charge in [-0.3, -0.25) is 0 Å². The molecule has 3 nitrogen and oxygen atoms in total. The number of aliphatic hydroxyl groups excluding tert-OH is 1. The molecular formula is C16H24O3. The summed E-state index contributed by atoms with van der Waals surface area (Å²) in [5, 5.41) is 10.3. The molecule has 1 fully saturated rings. The Hall–Kier alpha value is -1.06. The van der Waals surface area contributed by atoms with Gasteiger partial charge in [-0.25, -0.2) is 0 Å². The van der Waals surface area contributed by atoms with E-state index in [0.29, 0.717) is 6.42 Å². The molecule has 3 heteroatoms. The SMILES string of the molecule is CC(C)Oc1cccc(C(O)CC2CCCCO2)c1. The lowest BCUT2D eigenvalue weighted by Crippen LogP contribution is -2.21. The summed E-state index contributed by atoms with van der Waals surface area (Å²) < 4.78 is 11.3. The number of rotatable bonds is 5. The van der Waals surface area contributed by atoms with Crippen molar-refractivity contribution in [2.45, 2.75) is 57.8 Å². The minimum atomic E-state index is -0.473. The molecule has 106 valence electrons. The second kappa shape index (κ2) is 6.92. The van der Waals surface area contributed by atoms with E-state index in [4.69, 9.17) is 9.47 Å². The Labute approximate surface area is 115 Å². The van der Waals surface area contributed by atoms with Crippen LogP contribution in [0.3, 0.4) is 0 Å². The van der Waals surface area contributed by atoms with Gasteiger partial charge in [-0.2, -0.15) is 0 Å². The summed E-state index contributed by atoms with van der Waals surface area (Å²) in [5.74, 6) is 0.816. The van der Waals surface area contributed by atoms with E-state index in [0.717, 1.165) is 30.8 Å². The van der Waals surface area contributed by atoms with E-state index in [1.807, 2.05) is 38.1 Å². The monoisotopic (exact) mass is 264 g/mol. The second-order valence-electron chi connectivity index (χ2n) is 5.48. The Morgan fingerprint density at radius 3 is 2.89 bits per heavy atom. The Morgan fingerprint density at radius 2 is 2.21 bits per heavy atom. The molecule has 2 rings (SSSR count). The maximum absolute atomic E-state index is 10.3. The minimum Gasteiger partial charge on any atom is -0.491 e. The van der Waals surface area contributed by atoms with Crippen molar-refractivity contribution in [1.29, 1.82) is 0 Å². The van der Waals surface area contributed by atoms with Gasteiger partial charge in [-0.1, -0.05) is 12.1 Å². The first-order chi connectivity index (χ1) is 9.15. The van der Waals surface area contributed by atoms with Gasteiger partial charge in [0.1, 0.15) is 5.75 Å². The Balaban J connectivity index is 1.95. The lowest BCUT2D eigenvalue weighted by Gasteiger charge is -2.25. The fourth-order valence-corrected chi connectivity index (χ4v) is 2.45. The van der Waals surface area contributed by atoms with Crippen molar-refractivity contribution >= 4 is 0 Å². The van der Waals surface area contributed by atoms with Crippen molar-refractivity contribution in [1.82, 2.24) is 0 Å². The standard InChI is InChI=1S/C16H24O3/c1-12(2)19-15-8-5-6-13(10-15)16(17)11-14-7-3-4-9-18-14/h5-6,8,10,12,14,16-17H,3-4,7,9,11H2,1-2H3. The third kappa shape index (κ3) is 4.51. The number of hydrogen-bond acceptors (Lipinski definition) is 3. The molecule has 1 N–H and O–H groups in total. The van der Waals surface area contributed by atoms with Crippen LogP contribution < -0.4 is 4.74 Å². The molecule has 2 atom stereocenters. The highest BCUT2D eigenvalue weighted by Crippen LogP contribution is 2.27. The predicted octanol–water partition coefficient (Wildman–Crippen LogP) is 3.47. The summed E-state index contributed by atoms with van der Waals surface area (Å²) in [4.78, 5) is 0. The molecule has 1 aliphatic rings. The van der Waals surface area contributed by atoms with Gasteiger partial charge in [0.15, 0.2) is 0 Å². The molecule has 1 aliphatic heterocycles. The van der Waals surface area contributed by atoms with Gasteiger partial charge in [-0.15, -0.1) is 0 Å². The molecule has 0 radical (unpaired) electrons. The molecule has 0 amide bonds. The van der Waals surface area contributed by atoms with E-state index in [-0.39, 0.29) is 12.2 Å². The zero-order valence-electron chi connectivity index (χ0n) is 11.8. The van der Waals surface area contributed by atoms with E-state index in [9.17, 15) is 5.11 Å². The molecule has 2 unspecified atom stereocenters.